The molecule has 1 heterocycles. The molecule has 0 amide bonds. The van der Waals surface area contributed by atoms with E-state index in [0.29, 0.717) is 29.8 Å². The number of benzene rings is 1. The molecule has 0 aliphatic carbocycles. The largest absolute Gasteiger partial charge is 0.481 e. The number of carboxylic acids is 1. The van der Waals surface area contributed by atoms with E-state index in [4.69, 9.17) is 5.11 Å². The number of aliphatic carboxylic acids is 1. The summed E-state index contributed by atoms with van der Waals surface area (Å²) in [6, 6.07) is 5.06. The Morgan fingerprint density at radius 2 is 2.26 bits per heavy atom. The summed E-state index contributed by atoms with van der Waals surface area (Å²) in [5.41, 5.74) is 1.54. The summed E-state index contributed by atoms with van der Waals surface area (Å²) in [6.45, 7) is 1.68. The van der Waals surface area contributed by atoms with Crippen LogP contribution in [0.2, 0.25) is 0 Å². The number of halogens is 1. The van der Waals surface area contributed by atoms with Crippen LogP contribution >= 0.6 is 0 Å². The lowest BCUT2D eigenvalue weighted by Crippen LogP contribution is -2.00. The monoisotopic (exact) mass is 263 g/mol. The molecule has 19 heavy (non-hydrogen) atoms. The van der Waals surface area contributed by atoms with Crippen molar-refractivity contribution in [2.24, 2.45) is 0 Å². The van der Waals surface area contributed by atoms with E-state index in [9.17, 15) is 9.18 Å². The minimum atomic E-state index is -0.836. The molecular weight excluding hydrogens is 249 g/mol. The zero-order chi connectivity index (χ0) is 13.8. The summed E-state index contributed by atoms with van der Waals surface area (Å²) in [6.07, 6.45) is 2.72. The van der Waals surface area contributed by atoms with Crippen LogP contribution in [0.5, 0.6) is 0 Å². The maximum atomic E-state index is 13.9. The summed E-state index contributed by atoms with van der Waals surface area (Å²) in [4.78, 5) is 10.4. The van der Waals surface area contributed by atoms with Gasteiger partial charge in [0.25, 0.3) is 0 Å². The van der Waals surface area contributed by atoms with Gasteiger partial charge in [-0.3, -0.25) is 4.79 Å². The van der Waals surface area contributed by atoms with Gasteiger partial charge >= 0.3 is 5.97 Å². The molecule has 0 radical (unpaired) electrons. The molecule has 5 nitrogen and oxygen atoms in total. The van der Waals surface area contributed by atoms with Gasteiger partial charge in [0.15, 0.2) is 5.82 Å². The fraction of sp³-hybridized carbons (Fsp3) is 0.308. The molecular formula is C13H14FN3O2. The van der Waals surface area contributed by atoms with Gasteiger partial charge in [-0.05, 0) is 31.4 Å². The summed E-state index contributed by atoms with van der Waals surface area (Å²) >= 11 is 0. The molecule has 6 heteroatoms. The molecule has 0 unspecified atom stereocenters. The predicted octanol–water partition coefficient (Wildman–Crippen LogP) is 2.12. The lowest BCUT2D eigenvalue weighted by molar-refractivity contribution is -0.137. The second-order valence-electron chi connectivity index (χ2n) is 4.31. The fourth-order valence-corrected chi connectivity index (χ4v) is 1.76. The highest BCUT2D eigenvalue weighted by Gasteiger charge is 2.09. The molecule has 2 aromatic rings. The lowest BCUT2D eigenvalue weighted by Gasteiger charge is -2.03. The van der Waals surface area contributed by atoms with Crippen molar-refractivity contribution in [2.45, 2.75) is 26.2 Å². The first kappa shape index (κ1) is 13.2. The van der Waals surface area contributed by atoms with Gasteiger partial charge in [0.2, 0.25) is 0 Å². The molecule has 0 aliphatic rings. The lowest BCUT2D eigenvalue weighted by atomic mass is 10.2. The molecule has 0 aliphatic heterocycles. The molecule has 0 saturated carbocycles. The number of hydrogen-bond acceptors (Lipinski definition) is 3. The highest BCUT2D eigenvalue weighted by molar-refractivity contribution is 5.66. The molecule has 0 bridgehead atoms. The van der Waals surface area contributed by atoms with Crippen molar-refractivity contribution in [1.82, 2.24) is 15.0 Å². The van der Waals surface area contributed by atoms with Crippen molar-refractivity contribution in [3.8, 4) is 5.69 Å². The summed E-state index contributed by atoms with van der Waals surface area (Å²) in [5.74, 6) is -1.17. The van der Waals surface area contributed by atoms with Gasteiger partial charge < -0.3 is 5.11 Å². The number of aromatic nitrogens is 3. The summed E-state index contributed by atoms with van der Waals surface area (Å²) in [7, 11) is 0. The van der Waals surface area contributed by atoms with Crippen LogP contribution in [-0.4, -0.2) is 26.1 Å². The number of carboxylic acid groups (broad SMARTS) is 1. The first-order valence-electron chi connectivity index (χ1n) is 5.96. The Morgan fingerprint density at radius 1 is 1.47 bits per heavy atom. The number of rotatable bonds is 5. The van der Waals surface area contributed by atoms with Crippen LogP contribution in [0.4, 0.5) is 4.39 Å². The highest BCUT2D eigenvalue weighted by Crippen LogP contribution is 2.16. The van der Waals surface area contributed by atoms with E-state index in [1.807, 2.05) is 0 Å². The normalized spacial score (nSPS) is 10.6. The number of carbonyl (C=O) groups is 1. The van der Waals surface area contributed by atoms with E-state index in [2.05, 4.69) is 10.3 Å². The maximum absolute atomic E-state index is 13.9. The van der Waals surface area contributed by atoms with E-state index in [0.717, 1.165) is 0 Å². The minimum absolute atomic E-state index is 0.0890. The van der Waals surface area contributed by atoms with Crippen LogP contribution < -0.4 is 0 Å². The van der Waals surface area contributed by atoms with Crippen molar-refractivity contribution in [3.05, 3.63) is 41.5 Å². The van der Waals surface area contributed by atoms with Gasteiger partial charge in [-0.2, -0.15) is 0 Å². The van der Waals surface area contributed by atoms with Crippen molar-refractivity contribution >= 4 is 5.97 Å². The molecule has 0 fully saturated rings. The van der Waals surface area contributed by atoms with Crippen LogP contribution in [0.15, 0.2) is 24.4 Å². The van der Waals surface area contributed by atoms with Crippen molar-refractivity contribution in [1.29, 1.82) is 0 Å². The quantitative estimate of drug-likeness (QED) is 0.897. The van der Waals surface area contributed by atoms with Crippen LogP contribution in [0.1, 0.15) is 24.1 Å². The van der Waals surface area contributed by atoms with Gasteiger partial charge in [-0.25, -0.2) is 9.07 Å². The Bertz CT molecular complexity index is 595. The van der Waals surface area contributed by atoms with Crippen molar-refractivity contribution in [2.75, 3.05) is 0 Å². The molecule has 0 atom stereocenters. The van der Waals surface area contributed by atoms with Gasteiger partial charge in [-0.15, -0.1) is 5.10 Å². The number of aryl methyl sites for hydroxylation is 2. The van der Waals surface area contributed by atoms with Crippen LogP contribution in [-0.2, 0) is 11.2 Å². The van der Waals surface area contributed by atoms with E-state index < -0.39 is 5.97 Å². The topological polar surface area (TPSA) is 68.0 Å². The predicted molar refractivity (Wildman–Crippen MR) is 66.6 cm³/mol. The molecule has 1 aromatic carbocycles. The van der Waals surface area contributed by atoms with Gasteiger partial charge in [-0.1, -0.05) is 17.3 Å². The SMILES string of the molecule is Cc1cccc(-n2cc(CCCC(=O)O)nn2)c1F. The standard InChI is InChI=1S/C13H14FN3O2/c1-9-4-2-6-11(13(9)14)17-8-10(15-16-17)5-3-7-12(18)19/h2,4,6,8H,3,5,7H2,1H3,(H,18,19). The fourth-order valence-electron chi connectivity index (χ4n) is 1.76. The zero-order valence-corrected chi connectivity index (χ0v) is 10.5. The van der Waals surface area contributed by atoms with Gasteiger partial charge in [0.1, 0.15) is 5.69 Å². The average Bonchev–Trinajstić information content (AvgIpc) is 2.81. The molecule has 1 N–H and O–H groups in total. The van der Waals surface area contributed by atoms with E-state index in [-0.39, 0.29) is 12.2 Å². The number of nitrogens with zero attached hydrogens (tertiary/aromatic N) is 3. The summed E-state index contributed by atoms with van der Waals surface area (Å²) < 4.78 is 15.3. The Balaban J connectivity index is 2.12. The second kappa shape index (κ2) is 5.60. The van der Waals surface area contributed by atoms with Crippen molar-refractivity contribution in [3.63, 3.8) is 0 Å². The Labute approximate surface area is 109 Å². The van der Waals surface area contributed by atoms with Crippen molar-refractivity contribution < 1.29 is 14.3 Å². The molecule has 0 spiro atoms. The zero-order valence-electron chi connectivity index (χ0n) is 10.5. The van der Waals surface area contributed by atoms with Gasteiger partial charge in [0, 0.05) is 6.42 Å². The van der Waals surface area contributed by atoms with Crippen LogP contribution in [0.25, 0.3) is 5.69 Å². The van der Waals surface area contributed by atoms with Gasteiger partial charge in [0.05, 0.1) is 11.9 Å². The van der Waals surface area contributed by atoms with Crippen LogP contribution in [0.3, 0.4) is 0 Å². The molecule has 0 saturated heterocycles. The Hall–Kier alpha value is -2.24. The van der Waals surface area contributed by atoms with E-state index in [1.165, 1.54) is 4.68 Å². The Morgan fingerprint density at radius 3 is 3.00 bits per heavy atom. The minimum Gasteiger partial charge on any atom is -0.481 e. The molecule has 100 valence electrons. The third-order valence-corrected chi connectivity index (χ3v) is 2.78. The average molecular weight is 263 g/mol. The van der Waals surface area contributed by atoms with Crippen LogP contribution in [0, 0.1) is 12.7 Å². The van der Waals surface area contributed by atoms with E-state index >= 15 is 0 Å². The first-order chi connectivity index (χ1) is 9.08. The first-order valence-corrected chi connectivity index (χ1v) is 5.96. The smallest absolute Gasteiger partial charge is 0.303 e. The highest BCUT2D eigenvalue weighted by atomic mass is 19.1. The number of hydrogen-bond donors (Lipinski definition) is 1. The molecule has 1 aromatic heterocycles. The van der Waals surface area contributed by atoms with E-state index in [1.54, 1.807) is 31.3 Å². The summed E-state index contributed by atoms with van der Waals surface area (Å²) in [5, 5.41) is 16.3. The third-order valence-electron chi connectivity index (χ3n) is 2.78. The Kier molecular flexibility index (Phi) is 3.89. The second-order valence-corrected chi connectivity index (χ2v) is 4.31. The molecule has 2 rings (SSSR count). The third kappa shape index (κ3) is 3.15. The maximum Gasteiger partial charge on any atom is 0.303 e.